The second-order valence-corrected chi connectivity index (χ2v) is 8.57. The molecule has 0 aliphatic heterocycles. The molecule has 0 spiro atoms. The Hall–Kier alpha value is -0.720. The predicted octanol–water partition coefficient (Wildman–Crippen LogP) is 8.90. The van der Waals surface area contributed by atoms with Crippen LogP contribution in [-0.2, 0) is 0 Å². The van der Waals surface area contributed by atoms with Crippen molar-refractivity contribution in [2.75, 3.05) is 6.54 Å². The number of rotatable bonds is 18. The quantitative estimate of drug-likeness (QED) is 0.170. The summed E-state index contributed by atoms with van der Waals surface area (Å²) in [5.74, 6) is 0.633. The van der Waals surface area contributed by atoms with Crippen LogP contribution in [-0.4, -0.2) is 17.5 Å². The van der Waals surface area contributed by atoms with Crippen molar-refractivity contribution in [3.8, 4) is 0 Å². The molecule has 0 rings (SSSR count). The van der Waals surface area contributed by atoms with Crippen LogP contribution in [0.3, 0.4) is 0 Å². The van der Waals surface area contributed by atoms with Gasteiger partial charge >= 0.3 is 0 Å². The highest BCUT2D eigenvalue weighted by atomic mass is 15.1. The van der Waals surface area contributed by atoms with E-state index in [1.807, 2.05) is 0 Å². The molecule has 27 heavy (non-hydrogen) atoms. The first-order valence-electron chi connectivity index (χ1n) is 12.2. The molecule has 0 aromatic carbocycles. The van der Waals surface area contributed by atoms with E-state index in [0.29, 0.717) is 12.0 Å². The van der Waals surface area contributed by atoms with Crippen molar-refractivity contribution in [3.63, 3.8) is 0 Å². The number of hydrogen-bond acceptors (Lipinski definition) is 1. The van der Waals surface area contributed by atoms with Crippen LogP contribution in [0.5, 0.6) is 0 Å². The molecular formula is C26H51N. The van der Waals surface area contributed by atoms with Gasteiger partial charge in [-0.05, 0) is 51.0 Å². The summed E-state index contributed by atoms with van der Waals surface area (Å²) in [5.41, 5.74) is 2.93. The Labute approximate surface area is 172 Å². The van der Waals surface area contributed by atoms with Crippen LogP contribution in [0.4, 0.5) is 0 Å². The molecule has 0 aromatic heterocycles. The summed E-state index contributed by atoms with van der Waals surface area (Å²) < 4.78 is 0. The summed E-state index contributed by atoms with van der Waals surface area (Å²) in [6.45, 7) is 19.6. The van der Waals surface area contributed by atoms with E-state index in [0.717, 1.165) is 6.54 Å². The molecule has 0 aliphatic rings. The van der Waals surface area contributed by atoms with Gasteiger partial charge < -0.3 is 4.90 Å². The van der Waals surface area contributed by atoms with E-state index < -0.39 is 0 Å². The highest BCUT2D eigenvalue weighted by molar-refractivity contribution is 5.30. The van der Waals surface area contributed by atoms with Crippen LogP contribution in [0.25, 0.3) is 0 Å². The van der Waals surface area contributed by atoms with Crippen LogP contribution < -0.4 is 0 Å². The van der Waals surface area contributed by atoms with Gasteiger partial charge in [-0.3, -0.25) is 0 Å². The van der Waals surface area contributed by atoms with Crippen LogP contribution >= 0.6 is 0 Å². The van der Waals surface area contributed by atoms with E-state index in [1.165, 1.54) is 94.6 Å². The fraction of sp³-hybridized carbons (Fsp3) is 0.846. The maximum absolute atomic E-state index is 4.52. The molecule has 0 bridgehead atoms. The molecule has 2 atom stereocenters. The highest BCUT2D eigenvalue weighted by Crippen LogP contribution is 2.28. The Kier molecular flexibility index (Phi) is 16.9. The first-order chi connectivity index (χ1) is 13.0. The Balaban J connectivity index is 5.03. The maximum Gasteiger partial charge on any atom is 0.0256 e. The lowest BCUT2D eigenvalue weighted by Gasteiger charge is -2.30. The summed E-state index contributed by atoms with van der Waals surface area (Å²) >= 11 is 0. The minimum absolute atomic E-state index is 0.630. The third-order valence-electron chi connectivity index (χ3n) is 5.97. The fourth-order valence-electron chi connectivity index (χ4n) is 3.88. The van der Waals surface area contributed by atoms with Crippen molar-refractivity contribution >= 4 is 0 Å². The van der Waals surface area contributed by atoms with Gasteiger partial charge in [0.15, 0.2) is 0 Å². The zero-order chi connectivity index (χ0) is 20.5. The van der Waals surface area contributed by atoms with Crippen LogP contribution in [0.2, 0.25) is 0 Å². The van der Waals surface area contributed by atoms with E-state index in [9.17, 15) is 0 Å². The van der Waals surface area contributed by atoms with Crippen molar-refractivity contribution in [3.05, 3.63) is 23.9 Å². The summed E-state index contributed by atoms with van der Waals surface area (Å²) in [6, 6.07) is 0.630. The SMILES string of the molecule is C=C(CCCCC)/C(=C\N(CC)C(C)CCCC)C(C)CCCCCCC. The van der Waals surface area contributed by atoms with Crippen molar-refractivity contribution in [1.82, 2.24) is 4.90 Å². The van der Waals surface area contributed by atoms with E-state index in [1.54, 1.807) is 0 Å². The van der Waals surface area contributed by atoms with Crippen molar-refractivity contribution in [2.24, 2.45) is 5.92 Å². The summed E-state index contributed by atoms with van der Waals surface area (Å²) in [5, 5.41) is 0. The molecule has 160 valence electrons. The molecular weight excluding hydrogens is 326 g/mol. The molecule has 2 unspecified atom stereocenters. The summed E-state index contributed by atoms with van der Waals surface area (Å²) in [6.07, 6.45) is 19.6. The van der Waals surface area contributed by atoms with E-state index >= 15 is 0 Å². The average molecular weight is 378 g/mol. The van der Waals surface area contributed by atoms with Gasteiger partial charge in [0.1, 0.15) is 0 Å². The van der Waals surface area contributed by atoms with Crippen molar-refractivity contribution in [1.29, 1.82) is 0 Å². The molecule has 0 amide bonds. The maximum atomic E-state index is 4.52. The molecule has 0 saturated carbocycles. The van der Waals surface area contributed by atoms with Gasteiger partial charge in [0, 0.05) is 18.8 Å². The third kappa shape index (κ3) is 12.4. The smallest absolute Gasteiger partial charge is 0.0256 e. The lowest BCUT2D eigenvalue weighted by Crippen LogP contribution is -2.29. The molecule has 0 aromatic rings. The number of hydrogen-bond donors (Lipinski definition) is 0. The number of allylic oxidation sites excluding steroid dienone is 2. The van der Waals surface area contributed by atoms with Crippen molar-refractivity contribution < 1.29 is 0 Å². The second kappa shape index (κ2) is 17.4. The first kappa shape index (κ1) is 26.3. The number of nitrogens with zero attached hydrogens (tertiary/aromatic N) is 1. The number of unbranched alkanes of at least 4 members (excludes halogenated alkanes) is 7. The van der Waals surface area contributed by atoms with Gasteiger partial charge in [0.2, 0.25) is 0 Å². The summed E-state index contributed by atoms with van der Waals surface area (Å²) in [7, 11) is 0. The molecule has 0 aliphatic carbocycles. The topological polar surface area (TPSA) is 3.24 Å². The van der Waals surface area contributed by atoms with Gasteiger partial charge in [-0.25, -0.2) is 0 Å². The molecule has 1 nitrogen and oxygen atoms in total. The monoisotopic (exact) mass is 377 g/mol. The Morgan fingerprint density at radius 2 is 1.37 bits per heavy atom. The van der Waals surface area contributed by atoms with Gasteiger partial charge in [0.25, 0.3) is 0 Å². The lowest BCUT2D eigenvalue weighted by atomic mass is 9.88. The fourth-order valence-corrected chi connectivity index (χ4v) is 3.88. The molecule has 0 radical (unpaired) electrons. The second-order valence-electron chi connectivity index (χ2n) is 8.57. The molecule has 0 N–H and O–H groups in total. The Morgan fingerprint density at radius 1 is 0.778 bits per heavy atom. The molecule has 0 heterocycles. The van der Waals surface area contributed by atoms with Gasteiger partial charge in [0.05, 0.1) is 0 Å². The largest absolute Gasteiger partial charge is 0.375 e. The highest BCUT2D eigenvalue weighted by Gasteiger charge is 2.16. The van der Waals surface area contributed by atoms with E-state index in [-0.39, 0.29) is 0 Å². The summed E-state index contributed by atoms with van der Waals surface area (Å²) in [4.78, 5) is 2.57. The van der Waals surface area contributed by atoms with Crippen LogP contribution in [0.15, 0.2) is 23.9 Å². The molecule has 0 fully saturated rings. The van der Waals surface area contributed by atoms with Crippen LogP contribution in [0, 0.1) is 5.92 Å². The Morgan fingerprint density at radius 3 is 1.96 bits per heavy atom. The third-order valence-corrected chi connectivity index (χ3v) is 5.97. The minimum Gasteiger partial charge on any atom is -0.375 e. The van der Waals surface area contributed by atoms with Gasteiger partial charge in [-0.1, -0.05) is 97.6 Å². The zero-order valence-corrected chi connectivity index (χ0v) is 19.8. The normalized spacial score (nSPS) is 14.2. The lowest BCUT2D eigenvalue weighted by molar-refractivity contribution is 0.283. The Bertz CT molecular complexity index is 382. The van der Waals surface area contributed by atoms with Crippen LogP contribution in [0.1, 0.15) is 125 Å². The standard InChI is InChI=1S/C26H51N/c1-8-12-15-16-18-20-24(6)26(23(5)19-17-13-9-2)22-27(11-4)25(7)21-14-10-3/h22,24-25H,5,8-21H2,1-4,6-7H3/b26-22+. The van der Waals surface area contributed by atoms with Gasteiger partial charge in [-0.2, -0.15) is 0 Å². The van der Waals surface area contributed by atoms with E-state index in [2.05, 4.69) is 59.2 Å². The zero-order valence-electron chi connectivity index (χ0n) is 19.8. The van der Waals surface area contributed by atoms with Crippen molar-refractivity contribution in [2.45, 2.75) is 131 Å². The minimum atomic E-state index is 0.630. The van der Waals surface area contributed by atoms with Gasteiger partial charge in [-0.15, -0.1) is 0 Å². The molecule has 0 saturated heterocycles. The predicted molar refractivity (Wildman–Crippen MR) is 125 cm³/mol. The van der Waals surface area contributed by atoms with E-state index in [4.69, 9.17) is 0 Å². The molecule has 1 heteroatoms. The average Bonchev–Trinajstić information content (AvgIpc) is 2.66. The first-order valence-corrected chi connectivity index (χ1v) is 12.2.